The number of carbonyl (C=O) groups excluding carboxylic acids is 2. The van der Waals surface area contributed by atoms with Crippen LogP contribution < -0.4 is 24.2 Å². The molecular weight excluding hydrogens is 604 g/mol. The second-order valence-electron chi connectivity index (χ2n) is 11.8. The van der Waals surface area contributed by atoms with Crippen LogP contribution in [0, 0.1) is 5.92 Å². The van der Waals surface area contributed by atoms with Gasteiger partial charge in [0.05, 0.1) is 36.7 Å². The van der Waals surface area contributed by atoms with E-state index in [-0.39, 0.29) is 55.8 Å². The molecule has 0 aliphatic carbocycles. The van der Waals surface area contributed by atoms with Crippen molar-refractivity contribution in [2.45, 2.75) is 58.3 Å². The SMILES string of the molecule is C[C@@H]1CCCCO[C@H](CN(C)C(=O)Nc2ccc3c(c2)OCO3)[C@@H](C)CN([C@H](C)CO)C(=O)c2cc(NS(C)(=O)=O)ccc2O1. The smallest absolute Gasteiger partial charge is 0.321 e. The Morgan fingerprint density at radius 2 is 1.80 bits per heavy atom. The Morgan fingerprint density at radius 3 is 2.53 bits per heavy atom. The van der Waals surface area contributed by atoms with Gasteiger partial charge < -0.3 is 39.2 Å². The van der Waals surface area contributed by atoms with Crippen molar-refractivity contribution in [1.82, 2.24) is 9.80 Å². The molecule has 2 heterocycles. The Morgan fingerprint density at radius 1 is 1.09 bits per heavy atom. The molecule has 0 saturated heterocycles. The highest BCUT2D eigenvalue weighted by Crippen LogP contribution is 2.34. The lowest BCUT2D eigenvalue weighted by Gasteiger charge is -2.35. The molecule has 0 radical (unpaired) electrons. The Bertz CT molecular complexity index is 1450. The van der Waals surface area contributed by atoms with Gasteiger partial charge in [0.1, 0.15) is 5.75 Å². The van der Waals surface area contributed by atoms with Crippen molar-refractivity contribution >= 4 is 33.3 Å². The van der Waals surface area contributed by atoms with Crippen molar-refractivity contribution in [3.63, 3.8) is 0 Å². The van der Waals surface area contributed by atoms with Crippen molar-refractivity contribution in [3.8, 4) is 17.2 Å². The topological polar surface area (TPSA) is 156 Å². The second-order valence-corrected chi connectivity index (χ2v) is 13.5. The van der Waals surface area contributed by atoms with E-state index >= 15 is 0 Å². The van der Waals surface area contributed by atoms with Crippen molar-refractivity contribution in [2.75, 3.05) is 56.4 Å². The van der Waals surface area contributed by atoms with Gasteiger partial charge in [0, 0.05) is 50.1 Å². The van der Waals surface area contributed by atoms with E-state index in [4.69, 9.17) is 18.9 Å². The number of aliphatic hydroxyl groups excluding tert-OH is 1. The summed E-state index contributed by atoms with van der Waals surface area (Å²) in [7, 11) is -1.92. The van der Waals surface area contributed by atoms with Gasteiger partial charge in [-0.1, -0.05) is 6.92 Å². The molecule has 3 amide bonds. The Labute approximate surface area is 264 Å². The highest BCUT2D eigenvalue weighted by atomic mass is 32.2. The molecule has 14 heteroatoms. The normalized spacial score (nSPS) is 21.6. The van der Waals surface area contributed by atoms with Gasteiger partial charge in [-0.15, -0.1) is 0 Å². The number of hydrogen-bond donors (Lipinski definition) is 3. The van der Waals surface area contributed by atoms with E-state index in [1.165, 1.54) is 15.9 Å². The van der Waals surface area contributed by atoms with E-state index in [2.05, 4.69) is 10.0 Å². The first kappa shape index (κ1) is 34.1. The predicted octanol–water partition coefficient (Wildman–Crippen LogP) is 3.75. The zero-order chi connectivity index (χ0) is 32.7. The molecule has 0 aromatic heterocycles. The van der Waals surface area contributed by atoms with Crippen molar-refractivity contribution < 1.29 is 42.1 Å². The van der Waals surface area contributed by atoms with Crippen LogP contribution in [0.15, 0.2) is 36.4 Å². The maximum atomic E-state index is 14.1. The lowest BCUT2D eigenvalue weighted by atomic mass is 10.0. The van der Waals surface area contributed by atoms with Crippen LogP contribution in [0.5, 0.6) is 17.2 Å². The fourth-order valence-electron chi connectivity index (χ4n) is 5.21. The zero-order valence-electron chi connectivity index (χ0n) is 26.4. The summed E-state index contributed by atoms with van der Waals surface area (Å²) < 4.78 is 49.5. The molecule has 4 atom stereocenters. The second kappa shape index (κ2) is 15.0. The first-order valence-electron chi connectivity index (χ1n) is 15.1. The van der Waals surface area contributed by atoms with Crippen molar-refractivity contribution in [2.24, 2.45) is 5.92 Å². The van der Waals surface area contributed by atoms with E-state index in [0.29, 0.717) is 36.0 Å². The lowest BCUT2D eigenvalue weighted by Crippen LogP contribution is -2.48. The Kier molecular flexibility index (Phi) is 11.4. The number of benzene rings is 2. The van der Waals surface area contributed by atoms with E-state index in [1.54, 1.807) is 44.3 Å². The first-order chi connectivity index (χ1) is 21.3. The number of urea groups is 1. The number of hydrogen-bond acceptors (Lipinski definition) is 9. The lowest BCUT2D eigenvalue weighted by molar-refractivity contribution is -0.0115. The third-order valence-corrected chi connectivity index (χ3v) is 8.39. The number of rotatable bonds is 7. The van der Waals surface area contributed by atoms with Gasteiger partial charge in [0.25, 0.3) is 5.91 Å². The van der Waals surface area contributed by atoms with Gasteiger partial charge in [-0.25, -0.2) is 13.2 Å². The van der Waals surface area contributed by atoms with Crippen LogP contribution in [0.2, 0.25) is 0 Å². The van der Waals surface area contributed by atoms with Crippen LogP contribution in [0.1, 0.15) is 50.4 Å². The number of ether oxygens (including phenoxy) is 4. The van der Waals surface area contributed by atoms with Gasteiger partial charge in [-0.3, -0.25) is 9.52 Å². The molecule has 0 saturated carbocycles. The van der Waals surface area contributed by atoms with Gasteiger partial charge in [-0.05, 0) is 63.4 Å². The molecular formula is C31H44N4O9S. The molecule has 13 nitrogen and oxygen atoms in total. The average molecular weight is 649 g/mol. The fraction of sp³-hybridized carbons (Fsp3) is 0.548. The quantitative estimate of drug-likeness (QED) is 0.407. The maximum Gasteiger partial charge on any atom is 0.321 e. The third kappa shape index (κ3) is 9.38. The third-order valence-electron chi connectivity index (χ3n) is 7.78. The van der Waals surface area contributed by atoms with E-state index in [0.717, 1.165) is 19.1 Å². The number of amides is 3. The van der Waals surface area contributed by atoms with Crippen molar-refractivity contribution in [1.29, 1.82) is 0 Å². The molecule has 0 unspecified atom stereocenters. The number of nitrogens with zero attached hydrogens (tertiary/aromatic N) is 2. The molecule has 248 valence electrons. The Hall–Kier alpha value is -3.75. The molecule has 0 fully saturated rings. The average Bonchev–Trinajstić information content (AvgIpc) is 3.45. The number of aliphatic hydroxyl groups is 1. The summed E-state index contributed by atoms with van der Waals surface area (Å²) in [4.78, 5) is 30.3. The summed E-state index contributed by atoms with van der Waals surface area (Å²) in [5.41, 5.74) is 0.963. The Balaban J connectivity index is 1.57. The summed E-state index contributed by atoms with van der Waals surface area (Å²) in [6, 6.07) is 8.87. The van der Waals surface area contributed by atoms with E-state index in [1.807, 2.05) is 13.8 Å². The molecule has 2 aromatic rings. The number of carbonyl (C=O) groups is 2. The van der Waals surface area contributed by atoms with Gasteiger partial charge >= 0.3 is 6.03 Å². The van der Waals surface area contributed by atoms with Crippen LogP contribution in [0.25, 0.3) is 0 Å². The number of nitrogens with one attached hydrogen (secondary N) is 2. The first-order valence-corrected chi connectivity index (χ1v) is 17.0. The van der Waals surface area contributed by atoms with Crippen LogP contribution >= 0.6 is 0 Å². The minimum Gasteiger partial charge on any atom is -0.490 e. The van der Waals surface area contributed by atoms with E-state index < -0.39 is 28.1 Å². The van der Waals surface area contributed by atoms with Gasteiger partial charge in [0.2, 0.25) is 16.8 Å². The zero-order valence-corrected chi connectivity index (χ0v) is 27.3. The highest BCUT2D eigenvalue weighted by molar-refractivity contribution is 7.92. The number of anilines is 2. The molecule has 45 heavy (non-hydrogen) atoms. The standard InChI is InChI=1S/C31H44N4O9S/c1-20-16-35(21(2)18-36)30(37)25-14-24(33-45(5,39)40)10-11-26(25)44-22(3)8-6-7-13-41-29(20)17-34(4)31(38)32-23-9-12-27-28(15-23)43-19-42-27/h9-12,14-15,20-22,29,33,36H,6-8,13,16-19H2,1-5H3,(H,32,38)/t20-,21+,22+,29+/m0/s1. The highest BCUT2D eigenvalue weighted by Gasteiger charge is 2.31. The summed E-state index contributed by atoms with van der Waals surface area (Å²) in [6.07, 6.45) is 2.66. The van der Waals surface area contributed by atoms with E-state index in [9.17, 15) is 23.1 Å². The molecule has 2 aliphatic heterocycles. The molecule has 2 aromatic carbocycles. The van der Waals surface area contributed by atoms with Gasteiger partial charge in [-0.2, -0.15) is 0 Å². The number of likely N-dealkylation sites (N-methyl/N-ethyl adjacent to an activating group) is 1. The molecule has 0 bridgehead atoms. The maximum absolute atomic E-state index is 14.1. The fourth-order valence-corrected chi connectivity index (χ4v) is 5.76. The van der Waals surface area contributed by atoms with Crippen molar-refractivity contribution in [3.05, 3.63) is 42.0 Å². The molecule has 2 aliphatic rings. The van der Waals surface area contributed by atoms with Crippen LogP contribution in [-0.4, -0.2) is 99.9 Å². The molecule has 4 rings (SSSR count). The van der Waals surface area contributed by atoms with Crippen LogP contribution in [0.3, 0.4) is 0 Å². The monoisotopic (exact) mass is 648 g/mol. The number of sulfonamides is 1. The summed E-state index contributed by atoms with van der Waals surface area (Å²) >= 11 is 0. The summed E-state index contributed by atoms with van der Waals surface area (Å²) in [6.45, 7) is 6.31. The van der Waals surface area contributed by atoms with Gasteiger partial charge in [0.15, 0.2) is 11.5 Å². The predicted molar refractivity (Wildman–Crippen MR) is 170 cm³/mol. The largest absolute Gasteiger partial charge is 0.490 e. The van der Waals surface area contributed by atoms with Crippen LogP contribution in [-0.2, 0) is 14.8 Å². The van der Waals surface area contributed by atoms with Crippen LogP contribution in [0.4, 0.5) is 16.2 Å². The minimum absolute atomic E-state index is 0.133. The summed E-state index contributed by atoms with van der Waals surface area (Å²) in [5, 5.41) is 13.0. The molecule has 0 spiro atoms. The minimum atomic E-state index is -3.59. The molecule has 3 N–H and O–H groups in total. The number of fused-ring (bicyclic) bond motifs is 2. The summed E-state index contributed by atoms with van der Waals surface area (Å²) in [5.74, 6) is 0.826.